The standard InChI is InChI=1S/C21H18N6O2S2/c1-3-27-15-7-5-4-6-13(15)18-19(27)24-21(26-25-18)30-11-17(28)23-20-22-14-9-8-12(29-2)10-16(14)31-20/h4-10H,3,11H2,1-2H3,(H,22,23,28). The molecule has 3 aromatic heterocycles. The number of carbonyl (C=O) groups excluding carboxylic acids is 1. The van der Waals surface area contributed by atoms with Gasteiger partial charge in [-0.15, -0.1) is 10.2 Å². The Bertz CT molecular complexity index is 1430. The highest BCUT2D eigenvalue weighted by Crippen LogP contribution is 2.30. The van der Waals surface area contributed by atoms with E-state index in [-0.39, 0.29) is 11.7 Å². The lowest BCUT2D eigenvalue weighted by atomic mass is 10.2. The third-order valence-electron chi connectivity index (χ3n) is 4.85. The average molecular weight is 451 g/mol. The number of thiazole rings is 1. The molecular weight excluding hydrogens is 432 g/mol. The van der Waals surface area contributed by atoms with Crippen LogP contribution in [0.4, 0.5) is 5.13 Å². The third kappa shape index (κ3) is 3.68. The second-order valence-electron chi connectivity index (χ2n) is 6.72. The molecule has 5 rings (SSSR count). The lowest BCUT2D eigenvalue weighted by Crippen LogP contribution is -2.14. The highest BCUT2D eigenvalue weighted by Gasteiger charge is 2.15. The number of nitrogens with one attached hydrogen (secondary N) is 1. The number of ether oxygens (including phenoxy) is 1. The van der Waals surface area contributed by atoms with Crippen LogP contribution in [0, 0.1) is 0 Å². The summed E-state index contributed by atoms with van der Waals surface area (Å²) < 4.78 is 8.29. The summed E-state index contributed by atoms with van der Waals surface area (Å²) in [6.45, 7) is 2.84. The number of carbonyl (C=O) groups is 1. The van der Waals surface area contributed by atoms with Crippen LogP contribution in [0.1, 0.15) is 6.92 Å². The molecule has 0 saturated heterocycles. The molecule has 5 aromatic rings. The summed E-state index contributed by atoms with van der Waals surface area (Å²) in [5.41, 5.74) is 3.45. The molecule has 3 heterocycles. The molecule has 0 unspecified atom stereocenters. The van der Waals surface area contributed by atoms with E-state index in [2.05, 4.69) is 43.0 Å². The smallest absolute Gasteiger partial charge is 0.236 e. The fraction of sp³-hybridized carbons (Fsp3) is 0.190. The van der Waals surface area contributed by atoms with E-state index in [1.807, 2.05) is 36.4 Å². The average Bonchev–Trinajstić information content (AvgIpc) is 3.34. The van der Waals surface area contributed by atoms with Crippen molar-refractivity contribution in [2.45, 2.75) is 18.6 Å². The van der Waals surface area contributed by atoms with Crippen molar-refractivity contribution >= 4 is 66.4 Å². The molecule has 0 aliphatic carbocycles. The Morgan fingerprint density at radius 1 is 1.19 bits per heavy atom. The van der Waals surface area contributed by atoms with E-state index in [0.29, 0.717) is 10.3 Å². The van der Waals surface area contributed by atoms with E-state index in [1.165, 1.54) is 23.1 Å². The monoisotopic (exact) mass is 450 g/mol. The second kappa shape index (κ2) is 8.12. The summed E-state index contributed by atoms with van der Waals surface area (Å²) in [5.74, 6) is 0.753. The summed E-state index contributed by atoms with van der Waals surface area (Å²) in [6, 6.07) is 13.7. The number of para-hydroxylation sites is 1. The molecule has 0 aliphatic heterocycles. The number of aromatic nitrogens is 5. The number of thioether (sulfide) groups is 1. The van der Waals surface area contributed by atoms with E-state index in [1.54, 1.807) is 7.11 Å². The van der Waals surface area contributed by atoms with Crippen LogP contribution in [0.15, 0.2) is 47.6 Å². The highest BCUT2D eigenvalue weighted by molar-refractivity contribution is 7.99. The minimum atomic E-state index is -0.171. The van der Waals surface area contributed by atoms with Gasteiger partial charge in [-0.2, -0.15) is 0 Å². The van der Waals surface area contributed by atoms with Gasteiger partial charge in [-0.1, -0.05) is 41.3 Å². The van der Waals surface area contributed by atoms with E-state index in [0.717, 1.165) is 44.6 Å². The number of fused-ring (bicyclic) bond motifs is 4. The third-order valence-corrected chi connectivity index (χ3v) is 6.62. The summed E-state index contributed by atoms with van der Waals surface area (Å²) in [4.78, 5) is 21.5. The summed E-state index contributed by atoms with van der Waals surface area (Å²) in [6.07, 6.45) is 0. The second-order valence-corrected chi connectivity index (χ2v) is 8.69. The molecule has 0 radical (unpaired) electrons. The fourth-order valence-corrected chi connectivity index (χ4v) is 4.93. The number of amides is 1. The molecule has 0 aliphatic rings. The molecule has 1 amide bonds. The first kappa shape index (κ1) is 19.7. The van der Waals surface area contributed by atoms with Gasteiger partial charge in [-0.25, -0.2) is 9.97 Å². The van der Waals surface area contributed by atoms with Crippen molar-refractivity contribution in [1.82, 2.24) is 24.7 Å². The Hall–Kier alpha value is -3.24. The minimum absolute atomic E-state index is 0.165. The van der Waals surface area contributed by atoms with Gasteiger partial charge in [0, 0.05) is 11.9 Å². The fourth-order valence-electron chi connectivity index (χ4n) is 3.44. The molecule has 0 atom stereocenters. The van der Waals surface area contributed by atoms with Crippen molar-refractivity contribution in [1.29, 1.82) is 0 Å². The van der Waals surface area contributed by atoms with Crippen LogP contribution in [0.25, 0.3) is 32.3 Å². The molecule has 10 heteroatoms. The zero-order chi connectivity index (χ0) is 21.4. The van der Waals surface area contributed by atoms with Gasteiger partial charge in [0.25, 0.3) is 0 Å². The lowest BCUT2D eigenvalue weighted by molar-refractivity contribution is -0.113. The predicted molar refractivity (Wildman–Crippen MR) is 124 cm³/mol. The topological polar surface area (TPSA) is 94.8 Å². The first-order valence-electron chi connectivity index (χ1n) is 9.65. The maximum Gasteiger partial charge on any atom is 0.236 e. The first-order chi connectivity index (χ1) is 15.2. The Morgan fingerprint density at radius 2 is 2.06 bits per heavy atom. The van der Waals surface area contributed by atoms with Crippen molar-refractivity contribution in [3.8, 4) is 5.75 Å². The summed E-state index contributed by atoms with van der Waals surface area (Å²) in [5, 5.41) is 13.5. The molecule has 8 nitrogen and oxygen atoms in total. The molecule has 0 saturated carbocycles. The van der Waals surface area contributed by atoms with Gasteiger partial charge in [0.15, 0.2) is 10.8 Å². The maximum absolute atomic E-state index is 12.4. The van der Waals surface area contributed by atoms with Crippen molar-refractivity contribution in [2.75, 3.05) is 18.2 Å². The molecule has 0 fully saturated rings. The van der Waals surface area contributed by atoms with Gasteiger partial charge in [-0.3, -0.25) is 4.79 Å². The summed E-state index contributed by atoms with van der Waals surface area (Å²) in [7, 11) is 1.62. The Labute approximate surface area is 185 Å². The molecular formula is C21H18N6O2S2. The van der Waals surface area contributed by atoms with Gasteiger partial charge in [0.1, 0.15) is 11.3 Å². The number of hydrogen-bond donors (Lipinski definition) is 1. The maximum atomic E-state index is 12.4. The number of hydrogen-bond acceptors (Lipinski definition) is 8. The number of rotatable bonds is 6. The normalized spacial score (nSPS) is 11.4. The zero-order valence-corrected chi connectivity index (χ0v) is 18.5. The van der Waals surface area contributed by atoms with E-state index in [4.69, 9.17) is 4.74 Å². The number of aryl methyl sites for hydroxylation is 1. The first-order valence-corrected chi connectivity index (χ1v) is 11.5. The highest BCUT2D eigenvalue weighted by atomic mass is 32.2. The van der Waals surface area contributed by atoms with Gasteiger partial charge in [0.2, 0.25) is 11.1 Å². The van der Waals surface area contributed by atoms with Crippen LogP contribution in [-0.2, 0) is 11.3 Å². The SMILES string of the molecule is CCn1c2ccccc2c2nnc(SCC(=O)Nc3nc4ccc(OC)cc4s3)nc21. The Balaban J connectivity index is 1.32. The Morgan fingerprint density at radius 3 is 2.90 bits per heavy atom. The van der Waals surface area contributed by atoms with Crippen LogP contribution >= 0.6 is 23.1 Å². The van der Waals surface area contributed by atoms with E-state index in [9.17, 15) is 4.79 Å². The van der Waals surface area contributed by atoms with E-state index >= 15 is 0 Å². The quantitative estimate of drug-likeness (QED) is 0.384. The molecule has 0 spiro atoms. The number of nitrogens with zero attached hydrogens (tertiary/aromatic N) is 5. The molecule has 2 aromatic carbocycles. The molecule has 31 heavy (non-hydrogen) atoms. The van der Waals surface area contributed by atoms with Crippen LogP contribution in [0.3, 0.4) is 0 Å². The largest absolute Gasteiger partial charge is 0.497 e. The van der Waals surface area contributed by atoms with Gasteiger partial charge in [-0.05, 0) is 31.2 Å². The number of benzene rings is 2. The lowest BCUT2D eigenvalue weighted by Gasteiger charge is -2.03. The van der Waals surface area contributed by atoms with Crippen LogP contribution in [0.5, 0.6) is 5.75 Å². The van der Waals surface area contributed by atoms with E-state index < -0.39 is 0 Å². The molecule has 1 N–H and O–H groups in total. The number of methoxy groups -OCH3 is 1. The Kier molecular flexibility index (Phi) is 5.16. The van der Waals surface area contributed by atoms with Crippen LogP contribution in [0.2, 0.25) is 0 Å². The van der Waals surface area contributed by atoms with Crippen molar-refractivity contribution in [2.24, 2.45) is 0 Å². The zero-order valence-electron chi connectivity index (χ0n) is 16.8. The molecule has 0 bridgehead atoms. The van der Waals surface area contributed by atoms with Gasteiger partial charge < -0.3 is 14.6 Å². The predicted octanol–water partition coefficient (Wildman–Crippen LogP) is 4.35. The minimum Gasteiger partial charge on any atom is -0.497 e. The van der Waals surface area contributed by atoms with Crippen LogP contribution < -0.4 is 10.1 Å². The molecule has 156 valence electrons. The van der Waals surface area contributed by atoms with Gasteiger partial charge in [0.05, 0.1) is 28.6 Å². The van der Waals surface area contributed by atoms with Crippen molar-refractivity contribution in [3.63, 3.8) is 0 Å². The van der Waals surface area contributed by atoms with Crippen molar-refractivity contribution in [3.05, 3.63) is 42.5 Å². The summed E-state index contributed by atoms with van der Waals surface area (Å²) >= 11 is 2.66. The van der Waals surface area contributed by atoms with Gasteiger partial charge >= 0.3 is 0 Å². The van der Waals surface area contributed by atoms with Crippen molar-refractivity contribution < 1.29 is 9.53 Å². The van der Waals surface area contributed by atoms with Crippen LogP contribution in [-0.4, -0.2) is 43.5 Å². The number of anilines is 1.